The molecule has 2 atom stereocenters. The number of halogens is 2. The average Bonchev–Trinajstić information content (AvgIpc) is 2.45. The van der Waals surface area contributed by atoms with Gasteiger partial charge >= 0.3 is 0 Å². The quantitative estimate of drug-likeness (QED) is 0.824. The third-order valence-corrected chi connectivity index (χ3v) is 3.91. The van der Waals surface area contributed by atoms with E-state index in [0.717, 1.165) is 12.0 Å². The van der Waals surface area contributed by atoms with Crippen molar-refractivity contribution in [2.75, 3.05) is 0 Å². The molecule has 4 heteroatoms. The van der Waals surface area contributed by atoms with Crippen LogP contribution in [0.2, 0.25) is 10.0 Å². The summed E-state index contributed by atoms with van der Waals surface area (Å²) in [6.07, 6.45) is 0.567. The largest absolute Gasteiger partial charge is 0.483 e. The number of ether oxygens (including phenoxy) is 1. The highest BCUT2D eigenvalue weighted by Gasteiger charge is 2.21. The van der Waals surface area contributed by atoms with Crippen LogP contribution in [0.4, 0.5) is 0 Å². The Morgan fingerprint density at radius 2 is 1.90 bits per heavy atom. The van der Waals surface area contributed by atoms with E-state index in [0.29, 0.717) is 15.8 Å². The monoisotopic (exact) mass is 323 g/mol. The zero-order chi connectivity index (χ0) is 15.4. The van der Waals surface area contributed by atoms with E-state index >= 15 is 0 Å². The average molecular weight is 324 g/mol. The van der Waals surface area contributed by atoms with E-state index < -0.39 is 0 Å². The molecule has 0 bridgehead atoms. The van der Waals surface area contributed by atoms with Gasteiger partial charge in [0, 0.05) is 11.1 Å². The zero-order valence-corrected chi connectivity index (χ0v) is 13.7. The second kappa shape index (κ2) is 7.17. The molecule has 21 heavy (non-hydrogen) atoms. The molecule has 112 valence electrons. The number of benzene rings is 2. The first-order chi connectivity index (χ1) is 10.0. The fraction of sp³-hybridized carbons (Fsp3) is 0.294. The summed E-state index contributed by atoms with van der Waals surface area (Å²) in [7, 11) is 0. The molecule has 0 aromatic heterocycles. The minimum atomic E-state index is -0.242. The van der Waals surface area contributed by atoms with Gasteiger partial charge in [-0.05, 0) is 37.1 Å². The molecule has 0 saturated heterocycles. The Morgan fingerprint density at radius 1 is 1.14 bits per heavy atom. The number of rotatable bonds is 5. The molecular weight excluding hydrogens is 305 g/mol. The van der Waals surface area contributed by atoms with Crippen molar-refractivity contribution in [2.45, 2.75) is 32.4 Å². The molecule has 0 saturated carbocycles. The summed E-state index contributed by atoms with van der Waals surface area (Å²) in [5, 5.41) is 1.07. The number of aryl methyl sites for hydroxylation is 1. The lowest BCUT2D eigenvalue weighted by Gasteiger charge is -2.25. The van der Waals surface area contributed by atoms with E-state index in [1.54, 1.807) is 18.2 Å². The molecule has 0 spiro atoms. The predicted octanol–water partition coefficient (Wildman–Crippen LogP) is 5.16. The highest BCUT2D eigenvalue weighted by atomic mass is 35.5. The second-order valence-electron chi connectivity index (χ2n) is 5.10. The number of hydrogen-bond donors (Lipinski definition) is 1. The van der Waals surface area contributed by atoms with E-state index in [2.05, 4.69) is 6.07 Å². The van der Waals surface area contributed by atoms with Crippen molar-refractivity contribution in [3.63, 3.8) is 0 Å². The molecule has 2 unspecified atom stereocenters. The van der Waals surface area contributed by atoms with Crippen LogP contribution in [0, 0.1) is 6.92 Å². The van der Waals surface area contributed by atoms with Crippen LogP contribution < -0.4 is 10.5 Å². The van der Waals surface area contributed by atoms with Gasteiger partial charge in [-0.3, -0.25) is 0 Å². The summed E-state index contributed by atoms with van der Waals surface area (Å²) < 4.78 is 6.08. The van der Waals surface area contributed by atoms with Crippen LogP contribution in [0.3, 0.4) is 0 Å². The van der Waals surface area contributed by atoms with Crippen LogP contribution >= 0.6 is 23.2 Å². The fourth-order valence-electron chi connectivity index (χ4n) is 2.17. The Kier molecular flexibility index (Phi) is 5.51. The summed E-state index contributed by atoms with van der Waals surface area (Å²) in [6, 6.07) is 13.3. The van der Waals surface area contributed by atoms with Crippen molar-refractivity contribution in [1.29, 1.82) is 0 Å². The van der Waals surface area contributed by atoms with E-state index in [4.69, 9.17) is 33.7 Å². The third kappa shape index (κ3) is 4.13. The van der Waals surface area contributed by atoms with Gasteiger partial charge in [-0.15, -0.1) is 0 Å². The Bertz CT molecular complexity index is 615. The van der Waals surface area contributed by atoms with Gasteiger partial charge in [0.15, 0.2) is 0 Å². The van der Waals surface area contributed by atoms with Crippen molar-refractivity contribution in [3.05, 3.63) is 63.6 Å². The normalized spacial score (nSPS) is 13.8. The standard InChI is InChI=1S/C17H19Cl2NO/c1-3-15(20)17(12-6-4-5-11(2)9-12)21-16-8-7-13(18)10-14(16)19/h4-10,15,17H,3,20H2,1-2H3. The van der Waals surface area contributed by atoms with Crippen LogP contribution in [0.25, 0.3) is 0 Å². The summed E-state index contributed by atoms with van der Waals surface area (Å²) in [5.41, 5.74) is 8.46. The van der Waals surface area contributed by atoms with Crippen LogP contribution in [0.5, 0.6) is 5.75 Å². The van der Waals surface area contributed by atoms with Gasteiger partial charge in [0.1, 0.15) is 11.9 Å². The van der Waals surface area contributed by atoms with Crippen molar-refractivity contribution >= 4 is 23.2 Å². The first-order valence-corrected chi connectivity index (χ1v) is 7.70. The SMILES string of the molecule is CCC(N)C(Oc1ccc(Cl)cc1Cl)c1cccc(C)c1. The molecule has 0 heterocycles. The first kappa shape index (κ1) is 16.2. The summed E-state index contributed by atoms with van der Waals surface area (Å²) >= 11 is 12.1. The fourth-order valence-corrected chi connectivity index (χ4v) is 2.62. The topological polar surface area (TPSA) is 35.2 Å². The van der Waals surface area contributed by atoms with Crippen LogP contribution in [-0.2, 0) is 0 Å². The molecule has 2 aromatic rings. The van der Waals surface area contributed by atoms with E-state index in [1.807, 2.05) is 32.0 Å². The Hall–Kier alpha value is -1.22. The van der Waals surface area contributed by atoms with Gasteiger partial charge in [-0.1, -0.05) is 60.0 Å². The molecule has 2 rings (SSSR count). The van der Waals surface area contributed by atoms with Crippen LogP contribution in [0.1, 0.15) is 30.6 Å². The van der Waals surface area contributed by atoms with Gasteiger partial charge in [0.25, 0.3) is 0 Å². The number of hydrogen-bond acceptors (Lipinski definition) is 2. The van der Waals surface area contributed by atoms with Crippen molar-refractivity contribution in [1.82, 2.24) is 0 Å². The lowest BCUT2D eigenvalue weighted by Crippen LogP contribution is -2.31. The van der Waals surface area contributed by atoms with Crippen molar-refractivity contribution in [3.8, 4) is 5.75 Å². The smallest absolute Gasteiger partial charge is 0.139 e. The molecule has 0 aliphatic rings. The summed E-state index contributed by atoms with van der Waals surface area (Å²) in [6.45, 7) is 4.09. The van der Waals surface area contributed by atoms with Gasteiger partial charge in [0.2, 0.25) is 0 Å². The van der Waals surface area contributed by atoms with Crippen LogP contribution in [0.15, 0.2) is 42.5 Å². The molecule has 0 radical (unpaired) electrons. The molecular formula is C17H19Cl2NO. The lowest BCUT2D eigenvalue weighted by atomic mass is 9.99. The Balaban J connectivity index is 2.33. The van der Waals surface area contributed by atoms with E-state index in [-0.39, 0.29) is 12.1 Å². The van der Waals surface area contributed by atoms with Gasteiger partial charge in [0.05, 0.1) is 5.02 Å². The van der Waals surface area contributed by atoms with Gasteiger partial charge < -0.3 is 10.5 Å². The highest BCUT2D eigenvalue weighted by molar-refractivity contribution is 6.35. The van der Waals surface area contributed by atoms with Crippen LogP contribution in [-0.4, -0.2) is 6.04 Å². The maximum Gasteiger partial charge on any atom is 0.139 e. The maximum absolute atomic E-state index is 6.23. The predicted molar refractivity (Wildman–Crippen MR) is 89.3 cm³/mol. The minimum absolute atomic E-state index is 0.112. The zero-order valence-electron chi connectivity index (χ0n) is 12.1. The minimum Gasteiger partial charge on any atom is -0.483 e. The van der Waals surface area contributed by atoms with Gasteiger partial charge in [-0.25, -0.2) is 0 Å². The molecule has 0 amide bonds. The number of nitrogens with two attached hydrogens (primary N) is 1. The third-order valence-electron chi connectivity index (χ3n) is 3.38. The second-order valence-corrected chi connectivity index (χ2v) is 5.94. The molecule has 0 aliphatic carbocycles. The summed E-state index contributed by atoms with van der Waals surface area (Å²) in [5.74, 6) is 0.594. The Labute approximate surface area is 135 Å². The molecule has 2 nitrogen and oxygen atoms in total. The van der Waals surface area contributed by atoms with E-state index in [9.17, 15) is 0 Å². The molecule has 0 aliphatic heterocycles. The highest BCUT2D eigenvalue weighted by Crippen LogP contribution is 2.33. The van der Waals surface area contributed by atoms with Crippen molar-refractivity contribution < 1.29 is 4.74 Å². The van der Waals surface area contributed by atoms with E-state index in [1.165, 1.54) is 5.56 Å². The molecule has 2 aromatic carbocycles. The summed E-state index contributed by atoms with van der Waals surface area (Å²) in [4.78, 5) is 0. The van der Waals surface area contributed by atoms with Gasteiger partial charge in [-0.2, -0.15) is 0 Å². The first-order valence-electron chi connectivity index (χ1n) is 6.95. The molecule has 0 fully saturated rings. The van der Waals surface area contributed by atoms with Crippen molar-refractivity contribution in [2.24, 2.45) is 5.73 Å². The molecule has 2 N–H and O–H groups in total. The Morgan fingerprint density at radius 3 is 2.52 bits per heavy atom. The maximum atomic E-state index is 6.23. The lowest BCUT2D eigenvalue weighted by molar-refractivity contribution is 0.171.